The van der Waals surface area contributed by atoms with E-state index in [1.54, 1.807) is 0 Å². The lowest BCUT2D eigenvalue weighted by Crippen LogP contribution is -2.40. The number of nitrogens with zero attached hydrogens (tertiary/aromatic N) is 1. The van der Waals surface area contributed by atoms with Crippen molar-refractivity contribution in [3.8, 4) is 0 Å². The molecule has 128 valence electrons. The summed E-state index contributed by atoms with van der Waals surface area (Å²) in [5, 5.41) is 7.53. The van der Waals surface area contributed by atoms with Crippen LogP contribution in [0.15, 0.2) is 18.2 Å². The average Bonchev–Trinajstić information content (AvgIpc) is 3.26. The second-order valence-corrected chi connectivity index (χ2v) is 7.94. The number of amides is 1. The Kier molecular flexibility index (Phi) is 4.21. The minimum absolute atomic E-state index is 0.220. The SMILES string of the molecule is Cc1ccc(NC(=S)NC2CC3CCC2C3)cc1N1CCCC1=O. The molecule has 2 aliphatic carbocycles. The molecule has 2 N–H and O–H groups in total. The van der Waals surface area contributed by atoms with E-state index < -0.39 is 0 Å². The lowest BCUT2D eigenvalue weighted by atomic mass is 9.96. The number of thiocarbonyl (C=S) groups is 1. The Hall–Kier alpha value is -1.62. The Morgan fingerprint density at radius 1 is 1.29 bits per heavy atom. The van der Waals surface area contributed by atoms with Gasteiger partial charge in [0.1, 0.15) is 0 Å². The molecule has 0 spiro atoms. The van der Waals surface area contributed by atoms with Crippen LogP contribution in [0.1, 0.15) is 44.1 Å². The molecule has 3 fully saturated rings. The zero-order valence-corrected chi connectivity index (χ0v) is 15.0. The summed E-state index contributed by atoms with van der Waals surface area (Å²) < 4.78 is 0. The fourth-order valence-electron chi connectivity index (χ4n) is 4.64. The van der Waals surface area contributed by atoms with Gasteiger partial charge in [-0.05, 0) is 74.4 Å². The van der Waals surface area contributed by atoms with E-state index >= 15 is 0 Å². The summed E-state index contributed by atoms with van der Waals surface area (Å²) in [6.07, 6.45) is 6.96. The maximum atomic E-state index is 12.0. The molecule has 1 aromatic carbocycles. The van der Waals surface area contributed by atoms with Gasteiger partial charge in [-0.2, -0.15) is 0 Å². The fraction of sp³-hybridized carbons (Fsp3) is 0.579. The highest BCUT2D eigenvalue weighted by Crippen LogP contribution is 2.44. The van der Waals surface area contributed by atoms with Crippen molar-refractivity contribution in [2.24, 2.45) is 11.8 Å². The smallest absolute Gasteiger partial charge is 0.227 e. The van der Waals surface area contributed by atoms with Crippen LogP contribution in [-0.4, -0.2) is 23.6 Å². The number of rotatable bonds is 3. The van der Waals surface area contributed by atoms with Gasteiger partial charge < -0.3 is 15.5 Å². The van der Waals surface area contributed by atoms with Crippen molar-refractivity contribution in [1.82, 2.24) is 5.32 Å². The van der Waals surface area contributed by atoms with Crippen molar-refractivity contribution in [3.63, 3.8) is 0 Å². The predicted octanol–water partition coefficient (Wildman–Crippen LogP) is 3.60. The van der Waals surface area contributed by atoms with Gasteiger partial charge in [-0.25, -0.2) is 0 Å². The standard InChI is InChI=1S/C19H25N3OS/c1-12-4-7-15(11-17(12)22-8-2-3-18(22)23)20-19(24)21-16-10-13-5-6-14(16)9-13/h4,7,11,13-14,16H,2-3,5-6,8-10H2,1H3,(H2,20,21,24). The topological polar surface area (TPSA) is 44.4 Å². The molecule has 1 aromatic rings. The fourth-order valence-corrected chi connectivity index (χ4v) is 4.91. The monoisotopic (exact) mass is 343 g/mol. The summed E-state index contributed by atoms with van der Waals surface area (Å²) in [6, 6.07) is 6.68. The van der Waals surface area contributed by atoms with E-state index in [4.69, 9.17) is 12.2 Å². The Labute approximate surface area is 149 Å². The zero-order chi connectivity index (χ0) is 16.7. The Bertz CT molecular complexity index is 675. The first-order valence-electron chi connectivity index (χ1n) is 9.08. The van der Waals surface area contributed by atoms with Crippen molar-refractivity contribution >= 4 is 34.6 Å². The molecule has 1 aliphatic heterocycles. The average molecular weight is 343 g/mol. The summed E-state index contributed by atoms with van der Waals surface area (Å²) in [4.78, 5) is 13.9. The van der Waals surface area contributed by atoms with E-state index in [1.807, 2.05) is 17.0 Å². The van der Waals surface area contributed by atoms with Gasteiger partial charge in [0.25, 0.3) is 0 Å². The van der Waals surface area contributed by atoms with Gasteiger partial charge in [0.15, 0.2) is 5.11 Å². The Morgan fingerprint density at radius 2 is 2.17 bits per heavy atom. The normalized spacial score (nSPS) is 28.5. The van der Waals surface area contributed by atoms with Gasteiger partial charge in [-0.1, -0.05) is 12.5 Å². The molecule has 4 rings (SSSR count). The van der Waals surface area contributed by atoms with Crippen molar-refractivity contribution in [2.45, 2.75) is 51.5 Å². The van der Waals surface area contributed by atoms with Crippen LogP contribution in [-0.2, 0) is 4.79 Å². The van der Waals surface area contributed by atoms with Gasteiger partial charge in [0.05, 0.1) is 0 Å². The van der Waals surface area contributed by atoms with E-state index in [0.29, 0.717) is 17.6 Å². The highest BCUT2D eigenvalue weighted by atomic mass is 32.1. The molecule has 3 atom stereocenters. The van der Waals surface area contributed by atoms with Crippen LogP contribution >= 0.6 is 12.2 Å². The van der Waals surface area contributed by atoms with Gasteiger partial charge in [0.2, 0.25) is 5.91 Å². The van der Waals surface area contributed by atoms with E-state index in [-0.39, 0.29) is 5.91 Å². The van der Waals surface area contributed by atoms with Gasteiger partial charge in [0, 0.05) is 30.4 Å². The summed E-state index contributed by atoms with van der Waals surface area (Å²) in [5.74, 6) is 1.92. The third-order valence-electron chi connectivity index (χ3n) is 5.89. The van der Waals surface area contributed by atoms with Crippen molar-refractivity contribution in [3.05, 3.63) is 23.8 Å². The van der Waals surface area contributed by atoms with Crippen molar-refractivity contribution in [2.75, 3.05) is 16.8 Å². The second-order valence-electron chi connectivity index (χ2n) is 7.53. The van der Waals surface area contributed by atoms with Crippen LogP contribution in [0, 0.1) is 18.8 Å². The minimum Gasteiger partial charge on any atom is -0.359 e. The Balaban J connectivity index is 1.42. The molecule has 3 unspecified atom stereocenters. The van der Waals surface area contributed by atoms with Gasteiger partial charge >= 0.3 is 0 Å². The molecule has 4 nitrogen and oxygen atoms in total. The number of carbonyl (C=O) groups excluding carboxylic acids is 1. The first-order chi connectivity index (χ1) is 11.6. The third kappa shape index (κ3) is 3.02. The third-order valence-corrected chi connectivity index (χ3v) is 6.11. The minimum atomic E-state index is 0.220. The number of anilines is 2. The molecule has 1 saturated heterocycles. The van der Waals surface area contributed by atoms with Crippen LogP contribution < -0.4 is 15.5 Å². The number of hydrogen-bond acceptors (Lipinski definition) is 2. The summed E-state index contributed by atoms with van der Waals surface area (Å²) in [7, 11) is 0. The number of hydrogen-bond donors (Lipinski definition) is 2. The van der Waals surface area contributed by atoms with Crippen LogP contribution in [0.5, 0.6) is 0 Å². The van der Waals surface area contributed by atoms with E-state index in [2.05, 4.69) is 23.6 Å². The molecule has 0 radical (unpaired) electrons. The zero-order valence-electron chi connectivity index (χ0n) is 14.2. The van der Waals surface area contributed by atoms with E-state index in [9.17, 15) is 4.79 Å². The molecule has 0 aromatic heterocycles. The molecule has 24 heavy (non-hydrogen) atoms. The maximum absolute atomic E-state index is 12.0. The Morgan fingerprint density at radius 3 is 2.83 bits per heavy atom. The highest BCUT2D eigenvalue weighted by Gasteiger charge is 2.39. The lowest BCUT2D eigenvalue weighted by molar-refractivity contribution is -0.117. The van der Waals surface area contributed by atoms with Crippen LogP contribution in [0.2, 0.25) is 0 Å². The highest BCUT2D eigenvalue weighted by molar-refractivity contribution is 7.80. The number of benzene rings is 1. The molecule has 1 heterocycles. The number of carbonyl (C=O) groups is 1. The number of fused-ring (bicyclic) bond motifs is 2. The van der Waals surface area contributed by atoms with Crippen LogP contribution in [0.25, 0.3) is 0 Å². The molecule has 2 bridgehead atoms. The quantitative estimate of drug-likeness (QED) is 0.823. The number of aryl methyl sites for hydroxylation is 1. The summed E-state index contributed by atoms with van der Waals surface area (Å²) in [5.41, 5.74) is 3.09. The molecular formula is C19H25N3OS. The molecule has 1 amide bonds. The molecule has 5 heteroatoms. The lowest BCUT2D eigenvalue weighted by Gasteiger charge is -2.25. The molecular weight excluding hydrogens is 318 g/mol. The van der Waals surface area contributed by atoms with Crippen LogP contribution in [0.3, 0.4) is 0 Å². The number of nitrogens with one attached hydrogen (secondary N) is 2. The van der Waals surface area contributed by atoms with Gasteiger partial charge in [-0.15, -0.1) is 0 Å². The second kappa shape index (κ2) is 6.36. The first-order valence-corrected chi connectivity index (χ1v) is 9.49. The maximum Gasteiger partial charge on any atom is 0.227 e. The first kappa shape index (κ1) is 15.9. The van der Waals surface area contributed by atoms with Crippen LogP contribution in [0.4, 0.5) is 11.4 Å². The molecule has 3 aliphatic rings. The van der Waals surface area contributed by atoms with Crippen molar-refractivity contribution in [1.29, 1.82) is 0 Å². The summed E-state index contributed by atoms with van der Waals surface area (Å²) in [6.45, 7) is 2.87. The molecule has 2 saturated carbocycles. The predicted molar refractivity (Wildman–Crippen MR) is 101 cm³/mol. The van der Waals surface area contributed by atoms with E-state index in [1.165, 1.54) is 25.7 Å². The van der Waals surface area contributed by atoms with Crippen molar-refractivity contribution < 1.29 is 4.79 Å². The van der Waals surface area contributed by atoms with E-state index in [0.717, 1.165) is 41.7 Å². The van der Waals surface area contributed by atoms with Gasteiger partial charge in [-0.3, -0.25) is 4.79 Å². The largest absolute Gasteiger partial charge is 0.359 e. The summed E-state index contributed by atoms with van der Waals surface area (Å²) >= 11 is 5.52.